The molecule has 2 aliphatic rings. The molecule has 456 valence electrons. The monoisotopic (exact) mass is 1180 g/mol. The first kappa shape index (κ1) is 66.4. The van der Waals surface area contributed by atoms with Gasteiger partial charge in [-0.1, -0.05) is 76.9 Å². The molecule has 0 spiro atoms. The van der Waals surface area contributed by atoms with Gasteiger partial charge in [0.15, 0.2) is 6.10 Å². The number of cyclic esters (lactones) is 1. The molecule has 25 nitrogen and oxygen atoms in total. The average molecular weight is 1180 g/mol. The third-order valence-corrected chi connectivity index (χ3v) is 15.7. The second kappa shape index (κ2) is 30.2. The molecule has 9 N–H and O–H groups in total. The summed E-state index contributed by atoms with van der Waals surface area (Å²) >= 11 is 0. The van der Waals surface area contributed by atoms with Gasteiger partial charge in [-0.05, 0) is 117 Å². The molecule has 5 rings (SSSR count). The van der Waals surface area contributed by atoms with Crippen LogP contribution in [0, 0.1) is 18.8 Å². The van der Waals surface area contributed by atoms with Crippen LogP contribution in [-0.2, 0) is 81.7 Å². The Bertz CT molecular complexity index is 2880. The SMILES string of the molecule is CCC(C)C1NC(=O)C(Cc2ccc(OC)cc2)N(C)C(=O)C(C(C)CC)N2C(=O)C(CCC2O)NC(=O)C(CCc2ccc(O)c(C)c2)NC(=O)C(NC(=O)C(CCc2ccc(O)cc2)NC(=O)C(COS(=O)(=O)O)OC)C(C)OC1=O. The predicted molar refractivity (Wildman–Crippen MR) is 299 cm³/mol. The zero-order chi connectivity index (χ0) is 61.5. The highest BCUT2D eigenvalue weighted by molar-refractivity contribution is 7.80. The lowest BCUT2D eigenvalue weighted by Gasteiger charge is -2.44. The molecule has 3 aromatic rings. The van der Waals surface area contributed by atoms with Crippen molar-refractivity contribution in [1.82, 2.24) is 36.4 Å². The van der Waals surface area contributed by atoms with Crippen LogP contribution in [0.15, 0.2) is 66.7 Å². The third-order valence-electron chi connectivity index (χ3n) is 15.3. The molecule has 2 fully saturated rings. The molecule has 2 saturated heterocycles. The van der Waals surface area contributed by atoms with Crippen LogP contribution in [0.4, 0.5) is 0 Å². The molecule has 0 radical (unpaired) electrons. The molecule has 12 atom stereocenters. The summed E-state index contributed by atoms with van der Waals surface area (Å²) in [6.07, 6.45) is -4.91. The maximum Gasteiger partial charge on any atom is 0.397 e. The number of rotatable bonds is 21. The van der Waals surface area contributed by atoms with Crippen LogP contribution in [-0.4, -0.2) is 174 Å². The number of likely N-dealkylation sites (N-methyl/N-ethyl adjacent to an activating group) is 1. The quantitative estimate of drug-likeness (QED) is 0.0541. The highest BCUT2D eigenvalue weighted by atomic mass is 32.3. The van der Waals surface area contributed by atoms with Crippen molar-refractivity contribution in [3.8, 4) is 17.2 Å². The van der Waals surface area contributed by atoms with Crippen LogP contribution in [0.5, 0.6) is 17.2 Å². The lowest BCUT2D eigenvalue weighted by Crippen LogP contribution is -2.66. The van der Waals surface area contributed by atoms with E-state index in [1.807, 2.05) is 0 Å². The molecule has 3 aromatic carbocycles. The van der Waals surface area contributed by atoms with Crippen LogP contribution in [0.3, 0.4) is 0 Å². The highest BCUT2D eigenvalue weighted by Gasteiger charge is 2.47. The van der Waals surface area contributed by atoms with Crippen molar-refractivity contribution in [2.24, 2.45) is 11.8 Å². The number of hydrogen-bond acceptors (Lipinski definition) is 17. The lowest BCUT2D eigenvalue weighted by molar-refractivity contribution is -0.168. The Morgan fingerprint density at radius 1 is 0.807 bits per heavy atom. The fraction of sp³-hybridized carbons (Fsp3) is 0.544. The van der Waals surface area contributed by atoms with Gasteiger partial charge in [0.05, 0.1) is 7.11 Å². The topological polar surface area (TPSA) is 355 Å². The summed E-state index contributed by atoms with van der Waals surface area (Å²) in [7, 11) is -1.18. The van der Waals surface area contributed by atoms with Gasteiger partial charge in [-0.15, -0.1) is 0 Å². The average Bonchev–Trinajstić information content (AvgIpc) is 3.38. The second-order valence-corrected chi connectivity index (χ2v) is 22.2. The Hall–Kier alpha value is -7.39. The number of phenols is 2. The number of carbonyl (C=O) groups is 8. The minimum Gasteiger partial charge on any atom is -0.508 e. The molecule has 26 heteroatoms. The normalized spacial score (nSPS) is 23.8. The van der Waals surface area contributed by atoms with Gasteiger partial charge in [0.1, 0.15) is 78.5 Å². The van der Waals surface area contributed by atoms with Gasteiger partial charge < -0.3 is 65.9 Å². The molecule has 2 heterocycles. The standard InChI is InChI=1S/C57H79N7O18S/c1-10-31(3)47-57(75)82-34(6)48(62-51(69)41(23-16-35-12-19-38(65)20-13-35)58-53(71)45(80-9)30-81-83(76,77)78)54(72)59-40(24-17-36-18-26-44(66)33(5)28-36)50(68)60-42-25-27-46(67)64(55(42)73)49(32(4)11-2)56(74)63(7)43(52(70)61-47)29-37-14-21-39(79-8)22-15-37/h12-15,18-22,26,28,31-32,34,40-43,45-49,65-67H,10-11,16-17,23-25,27,29-30H2,1-9H3,(H,58,71)(H,59,72)(H,60,68)(H,61,70)(H,62,69)(H,76,77,78). The van der Waals surface area contributed by atoms with Gasteiger partial charge in [0, 0.05) is 20.6 Å². The van der Waals surface area contributed by atoms with Gasteiger partial charge in [-0.2, -0.15) is 8.42 Å². The van der Waals surface area contributed by atoms with E-state index < -0.39 is 137 Å². The molecule has 0 saturated carbocycles. The van der Waals surface area contributed by atoms with E-state index in [1.165, 1.54) is 39.3 Å². The number of nitrogens with one attached hydrogen (secondary N) is 5. The first-order valence-corrected chi connectivity index (χ1v) is 28.9. The maximum atomic E-state index is 15.2. The largest absolute Gasteiger partial charge is 0.508 e. The summed E-state index contributed by atoms with van der Waals surface area (Å²) in [4.78, 5) is 120. The summed E-state index contributed by atoms with van der Waals surface area (Å²) in [5, 5.41) is 45.1. The number of aliphatic hydroxyl groups excluding tert-OH is 1. The minimum atomic E-state index is -5.06. The third kappa shape index (κ3) is 18.3. The molecule has 0 aliphatic carbocycles. The van der Waals surface area contributed by atoms with Crippen LogP contribution >= 0.6 is 0 Å². The number of nitrogens with zero attached hydrogens (tertiary/aromatic N) is 2. The van der Waals surface area contributed by atoms with Crippen molar-refractivity contribution in [1.29, 1.82) is 0 Å². The van der Waals surface area contributed by atoms with Crippen LogP contribution in [0.2, 0.25) is 0 Å². The number of fused-ring (bicyclic) bond motifs is 2. The van der Waals surface area contributed by atoms with Gasteiger partial charge in [-0.25, -0.2) is 8.98 Å². The number of hydrogen-bond donors (Lipinski definition) is 9. The number of aryl methyl sites for hydroxylation is 3. The molecule has 2 aliphatic heterocycles. The van der Waals surface area contributed by atoms with E-state index in [9.17, 15) is 57.1 Å². The highest BCUT2D eigenvalue weighted by Crippen LogP contribution is 2.29. The molecule has 0 aromatic heterocycles. The van der Waals surface area contributed by atoms with Crippen LogP contribution in [0.25, 0.3) is 0 Å². The zero-order valence-corrected chi connectivity index (χ0v) is 49.0. The van der Waals surface area contributed by atoms with E-state index in [1.54, 1.807) is 83.1 Å². The van der Waals surface area contributed by atoms with Crippen molar-refractivity contribution in [3.05, 3.63) is 89.0 Å². The van der Waals surface area contributed by atoms with E-state index in [2.05, 4.69) is 30.8 Å². The Balaban J connectivity index is 1.66. The number of benzene rings is 3. The smallest absolute Gasteiger partial charge is 0.397 e. The van der Waals surface area contributed by atoms with Crippen molar-refractivity contribution in [2.45, 2.75) is 160 Å². The van der Waals surface area contributed by atoms with E-state index in [0.717, 1.165) is 16.9 Å². The number of aliphatic hydroxyl groups is 1. The van der Waals surface area contributed by atoms with Crippen molar-refractivity contribution in [3.63, 3.8) is 0 Å². The molecule has 2 bridgehead atoms. The number of phenolic OH excluding ortho intramolecular Hbond substituents is 2. The summed E-state index contributed by atoms with van der Waals surface area (Å²) < 4.78 is 53.0. The molecular weight excluding hydrogens is 1100 g/mol. The number of carbonyl (C=O) groups excluding carboxylic acids is 8. The lowest BCUT2D eigenvalue weighted by atomic mass is 9.91. The van der Waals surface area contributed by atoms with E-state index in [-0.39, 0.29) is 62.9 Å². The Kier molecular flexibility index (Phi) is 24.2. The number of aromatic hydroxyl groups is 2. The maximum absolute atomic E-state index is 15.2. The molecular formula is C57H79N7O18S. The number of methoxy groups -OCH3 is 2. The fourth-order valence-corrected chi connectivity index (χ4v) is 10.1. The van der Waals surface area contributed by atoms with Gasteiger partial charge in [0.25, 0.3) is 5.91 Å². The first-order valence-electron chi connectivity index (χ1n) is 27.5. The summed E-state index contributed by atoms with van der Waals surface area (Å²) in [6, 6.07) is 6.62. The molecule has 7 amide bonds. The fourth-order valence-electron chi connectivity index (χ4n) is 9.76. The van der Waals surface area contributed by atoms with Crippen LogP contribution < -0.4 is 31.3 Å². The summed E-state index contributed by atoms with van der Waals surface area (Å²) in [6.45, 7) is 8.79. The summed E-state index contributed by atoms with van der Waals surface area (Å²) in [5.74, 6) is -8.51. The predicted octanol–water partition coefficient (Wildman–Crippen LogP) is 1.66. The van der Waals surface area contributed by atoms with Crippen LogP contribution in [0.1, 0.15) is 95.4 Å². The Labute approximate surface area is 483 Å². The minimum absolute atomic E-state index is 0.00128. The second-order valence-electron chi connectivity index (χ2n) is 21.1. The van der Waals surface area contributed by atoms with Gasteiger partial charge >= 0.3 is 16.4 Å². The van der Waals surface area contributed by atoms with E-state index in [0.29, 0.717) is 34.4 Å². The number of esters is 1. The number of amides is 7. The van der Waals surface area contributed by atoms with E-state index >= 15 is 9.59 Å². The Morgan fingerprint density at radius 2 is 1.45 bits per heavy atom. The van der Waals surface area contributed by atoms with Crippen molar-refractivity contribution >= 4 is 57.7 Å². The molecule has 12 unspecified atom stereocenters. The van der Waals surface area contributed by atoms with Gasteiger partial charge in [0.2, 0.25) is 35.4 Å². The number of piperidine rings is 1. The van der Waals surface area contributed by atoms with Crippen molar-refractivity contribution < 1.29 is 85.0 Å². The number of ether oxygens (including phenoxy) is 3. The molecule has 83 heavy (non-hydrogen) atoms. The first-order chi connectivity index (χ1) is 39.2. The van der Waals surface area contributed by atoms with E-state index in [4.69, 9.17) is 14.2 Å². The van der Waals surface area contributed by atoms with Gasteiger partial charge in [-0.3, -0.25) is 38.1 Å². The Morgan fingerprint density at radius 3 is 2.05 bits per heavy atom. The van der Waals surface area contributed by atoms with Crippen molar-refractivity contribution in [2.75, 3.05) is 27.9 Å². The summed E-state index contributed by atoms with van der Waals surface area (Å²) in [5.41, 5.74) is 2.27. The zero-order valence-electron chi connectivity index (χ0n) is 48.2.